The summed E-state index contributed by atoms with van der Waals surface area (Å²) >= 11 is 0. The molecule has 5 heteroatoms. The Labute approximate surface area is 109 Å². The van der Waals surface area contributed by atoms with Crippen molar-refractivity contribution in [3.63, 3.8) is 0 Å². The number of hydrogen-bond acceptors (Lipinski definition) is 5. The Kier molecular flexibility index (Phi) is 6.46. The SMILES string of the molecule is CCN(CCCN)Cc1nccc(OC)c1OC. The van der Waals surface area contributed by atoms with Crippen molar-refractivity contribution >= 4 is 0 Å². The predicted octanol–water partition coefficient (Wildman–Crippen LogP) is 1.27. The first-order valence-corrected chi connectivity index (χ1v) is 6.25. The third-order valence-electron chi connectivity index (χ3n) is 2.87. The van der Waals surface area contributed by atoms with E-state index in [2.05, 4.69) is 16.8 Å². The second-order valence-corrected chi connectivity index (χ2v) is 4.00. The number of methoxy groups -OCH3 is 2. The summed E-state index contributed by atoms with van der Waals surface area (Å²) in [7, 11) is 3.27. The van der Waals surface area contributed by atoms with Crippen molar-refractivity contribution < 1.29 is 9.47 Å². The molecule has 1 rings (SSSR count). The van der Waals surface area contributed by atoms with Gasteiger partial charge in [-0.3, -0.25) is 9.88 Å². The lowest BCUT2D eigenvalue weighted by molar-refractivity contribution is 0.266. The molecule has 0 saturated carbocycles. The lowest BCUT2D eigenvalue weighted by atomic mass is 10.2. The van der Waals surface area contributed by atoms with E-state index in [0.717, 1.165) is 37.5 Å². The van der Waals surface area contributed by atoms with Gasteiger partial charge in [-0.2, -0.15) is 0 Å². The first kappa shape index (κ1) is 14.7. The Bertz CT molecular complexity index is 358. The monoisotopic (exact) mass is 253 g/mol. The van der Waals surface area contributed by atoms with Gasteiger partial charge in [0.25, 0.3) is 0 Å². The number of ether oxygens (including phenoxy) is 2. The molecule has 18 heavy (non-hydrogen) atoms. The highest BCUT2D eigenvalue weighted by atomic mass is 16.5. The second kappa shape index (κ2) is 7.89. The van der Waals surface area contributed by atoms with Crippen molar-refractivity contribution in [2.24, 2.45) is 5.73 Å². The maximum atomic E-state index is 5.54. The van der Waals surface area contributed by atoms with Crippen LogP contribution in [0.25, 0.3) is 0 Å². The number of aromatic nitrogens is 1. The fourth-order valence-electron chi connectivity index (χ4n) is 1.84. The summed E-state index contributed by atoms with van der Waals surface area (Å²) in [5.74, 6) is 1.43. The predicted molar refractivity (Wildman–Crippen MR) is 72.0 cm³/mol. The number of nitrogens with zero attached hydrogens (tertiary/aromatic N) is 2. The van der Waals surface area contributed by atoms with E-state index in [1.807, 2.05) is 0 Å². The molecule has 1 aromatic heterocycles. The molecule has 1 heterocycles. The van der Waals surface area contributed by atoms with Crippen LogP contribution in [-0.4, -0.2) is 43.7 Å². The molecule has 0 amide bonds. The molecule has 5 nitrogen and oxygen atoms in total. The third kappa shape index (κ3) is 3.85. The molecule has 0 aliphatic carbocycles. The van der Waals surface area contributed by atoms with Gasteiger partial charge in [-0.05, 0) is 26.1 Å². The molecule has 0 bridgehead atoms. The van der Waals surface area contributed by atoms with E-state index >= 15 is 0 Å². The number of nitrogens with two attached hydrogens (primary N) is 1. The van der Waals surface area contributed by atoms with Crippen LogP contribution < -0.4 is 15.2 Å². The molecule has 0 aliphatic heterocycles. The van der Waals surface area contributed by atoms with Gasteiger partial charge in [0, 0.05) is 18.8 Å². The van der Waals surface area contributed by atoms with Gasteiger partial charge in [0.1, 0.15) is 5.69 Å². The van der Waals surface area contributed by atoms with Crippen LogP contribution in [0.2, 0.25) is 0 Å². The highest BCUT2D eigenvalue weighted by molar-refractivity contribution is 5.42. The Hall–Kier alpha value is -1.33. The van der Waals surface area contributed by atoms with Crippen LogP contribution in [-0.2, 0) is 6.54 Å². The lowest BCUT2D eigenvalue weighted by Gasteiger charge is -2.21. The molecule has 0 saturated heterocycles. The smallest absolute Gasteiger partial charge is 0.183 e. The quantitative estimate of drug-likeness (QED) is 0.756. The zero-order chi connectivity index (χ0) is 13.4. The molecule has 0 radical (unpaired) electrons. The Morgan fingerprint density at radius 2 is 2.11 bits per heavy atom. The van der Waals surface area contributed by atoms with E-state index in [1.54, 1.807) is 26.5 Å². The summed E-state index contributed by atoms with van der Waals surface area (Å²) in [5, 5.41) is 0. The van der Waals surface area contributed by atoms with Gasteiger partial charge in [-0.1, -0.05) is 6.92 Å². The zero-order valence-corrected chi connectivity index (χ0v) is 11.5. The molecule has 0 fully saturated rings. The molecule has 102 valence electrons. The van der Waals surface area contributed by atoms with Crippen molar-refractivity contribution in [1.29, 1.82) is 0 Å². The van der Waals surface area contributed by atoms with Gasteiger partial charge < -0.3 is 15.2 Å². The Morgan fingerprint density at radius 1 is 1.33 bits per heavy atom. The minimum absolute atomic E-state index is 0.708. The first-order chi connectivity index (χ1) is 8.76. The average molecular weight is 253 g/mol. The molecule has 0 aromatic carbocycles. The molecule has 0 spiro atoms. The second-order valence-electron chi connectivity index (χ2n) is 4.00. The maximum Gasteiger partial charge on any atom is 0.183 e. The van der Waals surface area contributed by atoms with Crippen LogP contribution in [0, 0.1) is 0 Å². The highest BCUT2D eigenvalue weighted by Gasteiger charge is 2.13. The van der Waals surface area contributed by atoms with Crippen LogP contribution in [0.1, 0.15) is 19.0 Å². The van der Waals surface area contributed by atoms with Crippen molar-refractivity contribution in [2.45, 2.75) is 19.9 Å². The van der Waals surface area contributed by atoms with Crippen molar-refractivity contribution in [3.05, 3.63) is 18.0 Å². The van der Waals surface area contributed by atoms with Gasteiger partial charge in [-0.25, -0.2) is 0 Å². The lowest BCUT2D eigenvalue weighted by Crippen LogP contribution is -2.26. The molecule has 2 N–H and O–H groups in total. The van der Waals surface area contributed by atoms with Gasteiger partial charge in [-0.15, -0.1) is 0 Å². The average Bonchev–Trinajstić information content (AvgIpc) is 2.42. The molecular formula is C13H23N3O2. The third-order valence-corrected chi connectivity index (χ3v) is 2.87. The number of pyridine rings is 1. The molecule has 0 aliphatic rings. The molecule has 1 aromatic rings. The fourth-order valence-corrected chi connectivity index (χ4v) is 1.84. The summed E-state index contributed by atoms with van der Waals surface area (Å²) < 4.78 is 10.6. The fraction of sp³-hybridized carbons (Fsp3) is 0.615. The van der Waals surface area contributed by atoms with Crippen LogP contribution in [0.3, 0.4) is 0 Å². The van der Waals surface area contributed by atoms with Crippen LogP contribution >= 0.6 is 0 Å². The normalized spacial score (nSPS) is 10.7. The minimum Gasteiger partial charge on any atom is -0.493 e. The van der Waals surface area contributed by atoms with E-state index in [4.69, 9.17) is 15.2 Å². The van der Waals surface area contributed by atoms with E-state index in [0.29, 0.717) is 12.3 Å². The van der Waals surface area contributed by atoms with Crippen LogP contribution in [0.15, 0.2) is 12.3 Å². The minimum atomic E-state index is 0.708. The van der Waals surface area contributed by atoms with Gasteiger partial charge >= 0.3 is 0 Å². The van der Waals surface area contributed by atoms with E-state index in [1.165, 1.54) is 0 Å². The van der Waals surface area contributed by atoms with E-state index in [-0.39, 0.29) is 0 Å². The van der Waals surface area contributed by atoms with Crippen molar-refractivity contribution in [2.75, 3.05) is 33.9 Å². The van der Waals surface area contributed by atoms with Gasteiger partial charge in [0.05, 0.1) is 14.2 Å². The first-order valence-electron chi connectivity index (χ1n) is 6.25. The van der Waals surface area contributed by atoms with E-state index in [9.17, 15) is 0 Å². The highest BCUT2D eigenvalue weighted by Crippen LogP contribution is 2.29. The van der Waals surface area contributed by atoms with Gasteiger partial charge in [0.15, 0.2) is 11.5 Å². The maximum absolute atomic E-state index is 5.54. The van der Waals surface area contributed by atoms with E-state index < -0.39 is 0 Å². The van der Waals surface area contributed by atoms with Gasteiger partial charge in [0.2, 0.25) is 0 Å². The zero-order valence-electron chi connectivity index (χ0n) is 11.5. The largest absolute Gasteiger partial charge is 0.493 e. The summed E-state index contributed by atoms with van der Waals surface area (Å²) in [6, 6.07) is 1.80. The van der Waals surface area contributed by atoms with Crippen molar-refractivity contribution in [3.8, 4) is 11.5 Å². The topological polar surface area (TPSA) is 60.6 Å². The summed E-state index contributed by atoms with van der Waals surface area (Å²) in [6.45, 7) is 5.51. The Balaban J connectivity index is 2.81. The summed E-state index contributed by atoms with van der Waals surface area (Å²) in [4.78, 5) is 6.66. The molecule has 0 atom stereocenters. The number of rotatable bonds is 8. The number of hydrogen-bond donors (Lipinski definition) is 1. The molecule has 0 unspecified atom stereocenters. The standard InChI is InChI=1S/C13H23N3O2/c1-4-16(9-5-7-14)10-11-13(18-3)12(17-2)6-8-15-11/h6,8H,4-5,7,9-10,14H2,1-3H3. The summed E-state index contributed by atoms with van der Waals surface area (Å²) in [5.41, 5.74) is 6.44. The van der Waals surface area contributed by atoms with Crippen LogP contribution in [0.5, 0.6) is 11.5 Å². The summed E-state index contributed by atoms with van der Waals surface area (Å²) in [6.07, 6.45) is 2.73. The van der Waals surface area contributed by atoms with Crippen molar-refractivity contribution in [1.82, 2.24) is 9.88 Å². The van der Waals surface area contributed by atoms with Crippen LogP contribution in [0.4, 0.5) is 0 Å². The molecular weight excluding hydrogens is 230 g/mol. The Morgan fingerprint density at radius 3 is 2.67 bits per heavy atom.